The largest absolute Gasteiger partial charge is 0.478 e. The van der Waals surface area contributed by atoms with Gasteiger partial charge in [0.25, 0.3) is 0 Å². The van der Waals surface area contributed by atoms with Gasteiger partial charge in [0.15, 0.2) is 0 Å². The van der Waals surface area contributed by atoms with Crippen LogP contribution in [0.1, 0.15) is 22.8 Å². The molecule has 0 fully saturated rings. The zero-order valence-electron chi connectivity index (χ0n) is 14.6. The van der Waals surface area contributed by atoms with E-state index in [0.717, 1.165) is 12.2 Å². The van der Waals surface area contributed by atoms with E-state index in [9.17, 15) is 4.79 Å². The molecule has 0 aliphatic heterocycles. The van der Waals surface area contributed by atoms with Crippen LogP contribution in [0.5, 0.6) is 0 Å². The number of nitrogens with zero attached hydrogens (tertiary/aromatic N) is 1. The van der Waals surface area contributed by atoms with Gasteiger partial charge in [-0.2, -0.15) is 0 Å². The molecule has 0 bridgehead atoms. The summed E-state index contributed by atoms with van der Waals surface area (Å²) in [5.41, 5.74) is 4.91. The van der Waals surface area contributed by atoms with E-state index in [1.807, 2.05) is 0 Å². The Morgan fingerprint density at radius 2 is 1.69 bits per heavy atom. The summed E-state index contributed by atoms with van der Waals surface area (Å²) in [7, 11) is 0. The fourth-order valence-electron chi connectivity index (χ4n) is 3.49. The van der Waals surface area contributed by atoms with Gasteiger partial charge in [0, 0.05) is 40.6 Å². The number of aromatic nitrogens is 1. The summed E-state index contributed by atoms with van der Waals surface area (Å²) < 4.78 is 2.34. The predicted octanol–water partition coefficient (Wildman–Crippen LogP) is 5.12. The number of hydrogen-bond donors (Lipinski definition) is 2. The van der Waals surface area contributed by atoms with Crippen LogP contribution in [-0.2, 0) is 13.1 Å². The molecule has 3 aromatic carbocycles. The average Bonchev–Trinajstić information content (AvgIpc) is 2.99. The lowest BCUT2D eigenvalue weighted by Gasteiger charge is -2.08. The van der Waals surface area contributed by atoms with Crippen LogP contribution in [0.2, 0.25) is 0 Å². The van der Waals surface area contributed by atoms with Gasteiger partial charge in [0.05, 0.1) is 5.56 Å². The van der Waals surface area contributed by atoms with E-state index in [0.29, 0.717) is 12.1 Å². The summed E-state index contributed by atoms with van der Waals surface area (Å²) in [4.78, 5) is 10.9. The van der Waals surface area contributed by atoms with Crippen molar-refractivity contribution in [3.05, 3.63) is 77.9 Å². The molecule has 0 aliphatic rings. The lowest BCUT2D eigenvalue weighted by Crippen LogP contribution is -2.01. The number of anilines is 1. The molecule has 4 aromatic rings. The molecule has 2 N–H and O–H groups in total. The Balaban J connectivity index is 1.63. The number of carboxylic acids is 1. The molecule has 4 nitrogen and oxygen atoms in total. The number of para-hydroxylation sites is 1. The fourth-order valence-corrected chi connectivity index (χ4v) is 3.49. The zero-order chi connectivity index (χ0) is 18.1. The van der Waals surface area contributed by atoms with Gasteiger partial charge >= 0.3 is 5.97 Å². The Kier molecular flexibility index (Phi) is 4.09. The van der Waals surface area contributed by atoms with Crippen LogP contribution in [0.3, 0.4) is 0 Å². The van der Waals surface area contributed by atoms with Gasteiger partial charge in [0.1, 0.15) is 0 Å². The first kappa shape index (κ1) is 16.2. The van der Waals surface area contributed by atoms with Crippen LogP contribution in [-0.4, -0.2) is 15.6 Å². The van der Waals surface area contributed by atoms with Gasteiger partial charge in [-0.1, -0.05) is 24.3 Å². The highest BCUT2D eigenvalue weighted by atomic mass is 16.4. The Morgan fingerprint density at radius 1 is 0.962 bits per heavy atom. The quantitative estimate of drug-likeness (QED) is 0.528. The minimum absolute atomic E-state index is 0.296. The topological polar surface area (TPSA) is 54.3 Å². The number of benzene rings is 3. The van der Waals surface area contributed by atoms with E-state index in [1.54, 1.807) is 24.3 Å². The number of carbonyl (C=O) groups is 1. The maximum absolute atomic E-state index is 10.9. The first-order chi connectivity index (χ1) is 12.7. The second kappa shape index (κ2) is 6.56. The molecule has 26 heavy (non-hydrogen) atoms. The number of fused-ring (bicyclic) bond motifs is 3. The van der Waals surface area contributed by atoms with E-state index in [4.69, 9.17) is 5.11 Å². The number of carboxylic acid groups (broad SMARTS) is 1. The fraction of sp³-hybridized carbons (Fsp3) is 0.136. The van der Waals surface area contributed by atoms with Gasteiger partial charge in [-0.05, 0) is 55.0 Å². The standard InChI is InChI=1S/C22H20N2O2/c1-2-24-20-6-4-3-5-18(20)19-13-15(7-12-21(19)24)14-23-17-10-8-16(9-11-17)22(25)26/h3-13,23H,2,14H2,1H3,(H,25,26). The smallest absolute Gasteiger partial charge is 0.335 e. The Labute approximate surface area is 151 Å². The maximum Gasteiger partial charge on any atom is 0.335 e. The minimum Gasteiger partial charge on any atom is -0.478 e. The molecule has 0 radical (unpaired) electrons. The summed E-state index contributed by atoms with van der Waals surface area (Å²) in [6, 6.07) is 21.9. The van der Waals surface area contributed by atoms with Crippen molar-refractivity contribution in [3.63, 3.8) is 0 Å². The Hall–Kier alpha value is -3.27. The van der Waals surface area contributed by atoms with Crippen LogP contribution < -0.4 is 5.32 Å². The van der Waals surface area contributed by atoms with Crippen LogP contribution in [0.15, 0.2) is 66.7 Å². The molecule has 1 heterocycles. The summed E-state index contributed by atoms with van der Waals surface area (Å²) in [6.45, 7) is 3.80. The van der Waals surface area contributed by atoms with Gasteiger partial charge in [0.2, 0.25) is 0 Å². The third-order valence-electron chi connectivity index (χ3n) is 4.78. The van der Waals surface area contributed by atoms with E-state index >= 15 is 0 Å². The van der Waals surface area contributed by atoms with Gasteiger partial charge in [-0.15, -0.1) is 0 Å². The Bertz CT molecular complexity index is 1090. The van der Waals surface area contributed by atoms with Gasteiger partial charge in [-0.3, -0.25) is 0 Å². The van der Waals surface area contributed by atoms with Crippen molar-refractivity contribution >= 4 is 33.5 Å². The number of rotatable bonds is 5. The first-order valence-corrected chi connectivity index (χ1v) is 8.74. The monoisotopic (exact) mass is 344 g/mol. The van der Waals surface area contributed by atoms with Crippen molar-refractivity contribution in [2.45, 2.75) is 20.0 Å². The van der Waals surface area contributed by atoms with E-state index in [2.05, 4.69) is 59.3 Å². The van der Waals surface area contributed by atoms with E-state index in [-0.39, 0.29) is 0 Å². The average molecular weight is 344 g/mol. The van der Waals surface area contributed by atoms with Crippen LogP contribution >= 0.6 is 0 Å². The Morgan fingerprint density at radius 3 is 2.42 bits per heavy atom. The van der Waals surface area contributed by atoms with Crippen LogP contribution in [0.4, 0.5) is 5.69 Å². The van der Waals surface area contributed by atoms with Crippen molar-refractivity contribution in [2.24, 2.45) is 0 Å². The number of nitrogens with one attached hydrogen (secondary N) is 1. The van der Waals surface area contributed by atoms with Crippen LogP contribution in [0, 0.1) is 0 Å². The first-order valence-electron chi connectivity index (χ1n) is 8.74. The molecule has 0 atom stereocenters. The second-order valence-electron chi connectivity index (χ2n) is 6.35. The molecule has 0 amide bonds. The lowest BCUT2D eigenvalue weighted by molar-refractivity contribution is 0.0697. The van der Waals surface area contributed by atoms with Crippen molar-refractivity contribution in [3.8, 4) is 0 Å². The molecule has 0 saturated heterocycles. The summed E-state index contributed by atoms with van der Waals surface area (Å²) in [5.74, 6) is -0.908. The van der Waals surface area contributed by atoms with Gasteiger partial charge < -0.3 is 15.0 Å². The molecular formula is C22H20N2O2. The second-order valence-corrected chi connectivity index (χ2v) is 6.35. The predicted molar refractivity (Wildman–Crippen MR) is 106 cm³/mol. The highest BCUT2D eigenvalue weighted by molar-refractivity contribution is 6.08. The summed E-state index contributed by atoms with van der Waals surface area (Å²) in [6.07, 6.45) is 0. The molecule has 0 saturated carbocycles. The molecule has 4 rings (SSSR count). The molecule has 1 aromatic heterocycles. The molecule has 4 heteroatoms. The highest BCUT2D eigenvalue weighted by Gasteiger charge is 2.09. The normalized spacial score (nSPS) is 11.1. The van der Waals surface area contributed by atoms with Crippen molar-refractivity contribution < 1.29 is 9.90 Å². The summed E-state index contributed by atoms with van der Waals surface area (Å²) >= 11 is 0. The highest BCUT2D eigenvalue weighted by Crippen LogP contribution is 2.29. The van der Waals surface area contributed by atoms with Crippen molar-refractivity contribution in [2.75, 3.05) is 5.32 Å². The molecule has 0 aliphatic carbocycles. The lowest BCUT2D eigenvalue weighted by atomic mass is 10.1. The van der Waals surface area contributed by atoms with Crippen molar-refractivity contribution in [1.29, 1.82) is 0 Å². The summed E-state index contributed by atoms with van der Waals surface area (Å²) in [5, 5.41) is 14.9. The van der Waals surface area contributed by atoms with Crippen LogP contribution in [0.25, 0.3) is 21.8 Å². The van der Waals surface area contributed by atoms with E-state index < -0.39 is 5.97 Å². The minimum atomic E-state index is -0.908. The van der Waals surface area contributed by atoms with E-state index in [1.165, 1.54) is 27.4 Å². The zero-order valence-corrected chi connectivity index (χ0v) is 14.6. The number of hydrogen-bond acceptors (Lipinski definition) is 2. The molecule has 130 valence electrons. The third-order valence-corrected chi connectivity index (χ3v) is 4.78. The van der Waals surface area contributed by atoms with Gasteiger partial charge in [-0.25, -0.2) is 4.79 Å². The van der Waals surface area contributed by atoms with Crippen molar-refractivity contribution in [1.82, 2.24) is 4.57 Å². The SMILES string of the molecule is CCn1c2ccccc2c2cc(CNc3ccc(C(=O)O)cc3)ccc21. The molecule has 0 spiro atoms. The number of aromatic carboxylic acids is 1. The number of aryl methyl sites for hydroxylation is 1. The maximum atomic E-state index is 10.9. The molecular weight excluding hydrogens is 324 g/mol. The third kappa shape index (κ3) is 2.80. The molecule has 0 unspecified atom stereocenters.